The molecule has 1 saturated heterocycles. The number of nitrogens with one attached hydrogen (secondary N) is 1. The van der Waals surface area contributed by atoms with Gasteiger partial charge in [0, 0.05) is 37.2 Å². The quantitative estimate of drug-likeness (QED) is 0.923. The second-order valence-electron chi connectivity index (χ2n) is 6.24. The number of hydrogen-bond acceptors (Lipinski definition) is 3. The highest BCUT2D eigenvalue weighted by atomic mass is 16.1. The summed E-state index contributed by atoms with van der Waals surface area (Å²) in [6.07, 6.45) is 3.20. The maximum absolute atomic E-state index is 12.0. The van der Waals surface area contributed by atoms with Crippen molar-refractivity contribution in [3.8, 4) is 0 Å². The normalized spacial score (nSPS) is 17.3. The minimum atomic E-state index is 0.0534. The van der Waals surface area contributed by atoms with Crippen LogP contribution in [0.2, 0.25) is 0 Å². The monoisotopic (exact) mass is 309 g/mol. The van der Waals surface area contributed by atoms with Crippen LogP contribution in [0.1, 0.15) is 17.7 Å². The predicted molar refractivity (Wildman–Crippen MR) is 92.4 cm³/mol. The van der Waals surface area contributed by atoms with Gasteiger partial charge in [0.05, 0.1) is 6.42 Å². The zero-order valence-electron chi connectivity index (χ0n) is 13.5. The number of benzene rings is 1. The molecule has 0 bridgehead atoms. The smallest absolute Gasteiger partial charge is 0.226 e. The van der Waals surface area contributed by atoms with Gasteiger partial charge in [-0.15, -0.1) is 0 Å². The van der Waals surface area contributed by atoms with Gasteiger partial charge in [0.1, 0.15) is 0 Å². The molecule has 1 atom stereocenters. The molecular formula is C19H23N3O. The van der Waals surface area contributed by atoms with Crippen molar-refractivity contribution in [2.24, 2.45) is 5.92 Å². The summed E-state index contributed by atoms with van der Waals surface area (Å²) in [7, 11) is 0. The van der Waals surface area contributed by atoms with Gasteiger partial charge in [-0.1, -0.05) is 18.2 Å². The summed E-state index contributed by atoms with van der Waals surface area (Å²) in [6, 6.07) is 14.3. The van der Waals surface area contributed by atoms with Gasteiger partial charge in [-0.05, 0) is 49.1 Å². The lowest BCUT2D eigenvalue weighted by molar-refractivity contribution is -0.120. The van der Waals surface area contributed by atoms with Crippen molar-refractivity contribution in [2.75, 3.05) is 24.5 Å². The Labute approximate surface area is 137 Å². The maximum atomic E-state index is 12.0. The van der Waals surface area contributed by atoms with Gasteiger partial charge in [-0.25, -0.2) is 0 Å². The van der Waals surface area contributed by atoms with E-state index >= 15 is 0 Å². The first-order chi connectivity index (χ1) is 11.2. The van der Waals surface area contributed by atoms with Crippen LogP contribution in [0.3, 0.4) is 0 Å². The first-order valence-electron chi connectivity index (χ1n) is 8.19. The maximum Gasteiger partial charge on any atom is 0.226 e. The van der Waals surface area contributed by atoms with E-state index in [0.29, 0.717) is 12.3 Å². The summed E-state index contributed by atoms with van der Waals surface area (Å²) in [6.45, 7) is 4.93. The number of anilines is 1. The lowest BCUT2D eigenvalue weighted by Crippen LogP contribution is -2.32. The summed E-state index contributed by atoms with van der Waals surface area (Å²) < 4.78 is 0. The first-order valence-corrected chi connectivity index (χ1v) is 8.19. The van der Waals surface area contributed by atoms with Crippen LogP contribution < -0.4 is 10.2 Å². The van der Waals surface area contributed by atoms with Crippen LogP contribution in [0.15, 0.2) is 48.7 Å². The standard InChI is InChI=1S/C19H23N3O/c1-15-5-4-7-18(11-15)22-10-8-16(14-22)13-21-19(23)12-17-6-2-3-9-20-17/h2-7,9,11,16H,8,10,12-14H2,1H3,(H,21,23)/t16-/m0/s1. The molecule has 1 amide bonds. The fourth-order valence-electron chi connectivity index (χ4n) is 3.05. The molecule has 1 fully saturated rings. The van der Waals surface area contributed by atoms with Gasteiger partial charge in [0.15, 0.2) is 0 Å². The highest BCUT2D eigenvalue weighted by Gasteiger charge is 2.23. The Bertz CT molecular complexity index is 657. The Hall–Kier alpha value is -2.36. The summed E-state index contributed by atoms with van der Waals surface area (Å²) in [4.78, 5) is 18.6. The van der Waals surface area contributed by atoms with Crippen molar-refractivity contribution < 1.29 is 4.79 Å². The lowest BCUT2D eigenvalue weighted by Gasteiger charge is -2.19. The van der Waals surface area contributed by atoms with E-state index in [4.69, 9.17) is 0 Å². The summed E-state index contributed by atoms with van der Waals surface area (Å²) in [5.74, 6) is 0.570. The zero-order valence-corrected chi connectivity index (χ0v) is 13.5. The average Bonchev–Trinajstić information content (AvgIpc) is 3.03. The van der Waals surface area contributed by atoms with Crippen molar-refractivity contribution in [2.45, 2.75) is 19.8 Å². The molecule has 0 saturated carbocycles. The van der Waals surface area contributed by atoms with Crippen molar-refractivity contribution in [3.63, 3.8) is 0 Å². The SMILES string of the molecule is Cc1cccc(N2CC[C@@H](CNC(=O)Cc3ccccn3)C2)c1. The number of rotatable bonds is 5. The van der Waals surface area contributed by atoms with Crippen LogP contribution >= 0.6 is 0 Å². The van der Waals surface area contributed by atoms with Gasteiger partial charge in [0.25, 0.3) is 0 Å². The first kappa shape index (κ1) is 15.5. The van der Waals surface area contributed by atoms with Crippen LogP contribution in [0.25, 0.3) is 0 Å². The molecule has 1 aromatic heterocycles. The molecule has 1 aliphatic heterocycles. The van der Waals surface area contributed by atoms with Crippen molar-refractivity contribution in [1.29, 1.82) is 0 Å². The third-order valence-corrected chi connectivity index (χ3v) is 4.31. The number of amides is 1. The molecule has 2 aromatic rings. The molecule has 1 N–H and O–H groups in total. The summed E-state index contributed by atoms with van der Waals surface area (Å²) in [5.41, 5.74) is 3.39. The zero-order chi connectivity index (χ0) is 16.1. The Morgan fingerprint density at radius 2 is 2.22 bits per heavy atom. The molecule has 0 radical (unpaired) electrons. The van der Waals surface area contributed by atoms with Gasteiger partial charge >= 0.3 is 0 Å². The minimum Gasteiger partial charge on any atom is -0.371 e. The average molecular weight is 309 g/mol. The Kier molecular flexibility index (Phi) is 4.91. The number of pyridine rings is 1. The predicted octanol–water partition coefficient (Wildman–Crippen LogP) is 2.58. The molecule has 2 heterocycles. The van der Waals surface area contributed by atoms with Crippen LogP contribution in [0.4, 0.5) is 5.69 Å². The molecule has 3 rings (SSSR count). The number of carbonyl (C=O) groups is 1. The second kappa shape index (κ2) is 7.27. The molecular weight excluding hydrogens is 286 g/mol. The molecule has 120 valence electrons. The second-order valence-corrected chi connectivity index (χ2v) is 6.24. The van der Waals surface area contributed by atoms with Gasteiger partial charge in [0.2, 0.25) is 5.91 Å². The molecule has 4 nitrogen and oxygen atoms in total. The summed E-state index contributed by atoms with van der Waals surface area (Å²) >= 11 is 0. The van der Waals surface area contributed by atoms with E-state index in [1.54, 1.807) is 6.20 Å². The molecule has 0 aliphatic carbocycles. The van der Waals surface area contributed by atoms with E-state index in [-0.39, 0.29) is 5.91 Å². The minimum absolute atomic E-state index is 0.0534. The summed E-state index contributed by atoms with van der Waals surface area (Å²) in [5, 5.41) is 3.05. The van der Waals surface area contributed by atoms with Gasteiger partial charge in [-0.3, -0.25) is 9.78 Å². The fraction of sp³-hybridized carbons (Fsp3) is 0.368. The van der Waals surface area contributed by atoms with Crippen LogP contribution in [-0.4, -0.2) is 30.5 Å². The molecule has 0 unspecified atom stereocenters. The number of carbonyl (C=O) groups excluding carboxylic acids is 1. The highest BCUT2D eigenvalue weighted by Crippen LogP contribution is 2.24. The van der Waals surface area contributed by atoms with Crippen LogP contribution in [0, 0.1) is 12.8 Å². The largest absolute Gasteiger partial charge is 0.371 e. The number of nitrogens with zero attached hydrogens (tertiary/aromatic N) is 2. The number of hydrogen-bond donors (Lipinski definition) is 1. The van der Waals surface area contributed by atoms with Crippen molar-refractivity contribution in [3.05, 3.63) is 59.9 Å². The number of aromatic nitrogens is 1. The van der Waals surface area contributed by atoms with E-state index in [2.05, 4.69) is 46.4 Å². The Morgan fingerprint density at radius 3 is 3.00 bits per heavy atom. The van der Waals surface area contributed by atoms with Gasteiger partial charge in [-0.2, -0.15) is 0 Å². The van der Waals surface area contributed by atoms with E-state index in [0.717, 1.165) is 31.7 Å². The highest BCUT2D eigenvalue weighted by molar-refractivity contribution is 5.78. The number of aryl methyl sites for hydroxylation is 1. The van der Waals surface area contributed by atoms with E-state index in [1.807, 2.05) is 18.2 Å². The van der Waals surface area contributed by atoms with Crippen LogP contribution in [0.5, 0.6) is 0 Å². The molecule has 23 heavy (non-hydrogen) atoms. The Morgan fingerprint density at radius 1 is 1.30 bits per heavy atom. The van der Waals surface area contributed by atoms with Crippen molar-refractivity contribution in [1.82, 2.24) is 10.3 Å². The topological polar surface area (TPSA) is 45.2 Å². The fourth-order valence-corrected chi connectivity index (χ4v) is 3.05. The third kappa shape index (κ3) is 4.31. The molecule has 1 aliphatic rings. The molecule has 0 spiro atoms. The van der Waals surface area contributed by atoms with E-state index in [1.165, 1.54) is 11.3 Å². The lowest BCUT2D eigenvalue weighted by atomic mass is 10.1. The molecule has 4 heteroatoms. The van der Waals surface area contributed by atoms with Gasteiger partial charge < -0.3 is 10.2 Å². The van der Waals surface area contributed by atoms with Crippen molar-refractivity contribution >= 4 is 11.6 Å². The molecule has 1 aromatic carbocycles. The van der Waals surface area contributed by atoms with Crippen LogP contribution in [-0.2, 0) is 11.2 Å². The third-order valence-electron chi connectivity index (χ3n) is 4.31. The van der Waals surface area contributed by atoms with E-state index in [9.17, 15) is 4.79 Å². The van der Waals surface area contributed by atoms with E-state index < -0.39 is 0 Å². The Balaban J connectivity index is 1.46.